The molecule has 0 saturated carbocycles. The standard InChI is InChI=1S/C6H11NO2/c8-7-5-6-1-3-9-4-2-6/h6H,1-5H2. The topological polar surface area (TPSA) is 38.7 Å². The average Bonchev–Trinajstić information content (AvgIpc) is 1.91. The molecule has 0 N–H and O–H groups in total. The number of nitrogens with zero attached hydrogens (tertiary/aromatic N) is 1. The first-order chi connectivity index (χ1) is 4.43. The molecule has 1 aliphatic heterocycles. The highest BCUT2D eigenvalue weighted by atomic mass is 16.5. The van der Waals surface area contributed by atoms with Crippen molar-refractivity contribution in [3.05, 3.63) is 4.91 Å². The summed E-state index contributed by atoms with van der Waals surface area (Å²) in [5, 5.41) is 2.85. The lowest BCUT2D eigenvalue weighted by atomic mass is 10.0. The number of ether oxygens (including phenoxy) is 1. The zero-order chi connectivity index (χ0) is 6.53. The first kappa shape index (κ1) is 6.68. The third-order valence-electron chi connectivity index (χ3n) is 1.67. The van der Waals surface area contributed by atoms with Gasteiger partial charge in [-0.05, 0) is 18.8 Å². The Morgan fingerprint density at radius 2 is 2.11 bits per heavy atom. The minimum absolute atomic E-state index is 0.476. The molecule has 1 fully saturated rings. The van der Waals surface area contributed by atoms with E-state index < -0.39 is 0 Å². The summed E-state index contributed by atoms with van der Waals surface area (Å²) in [6, 6.07) is 0. The smallest absolute Gasteiger partial charge is 0.0841 e. The Kier molecular flexibility index (Phi) is 2.64. The third-order valence-corrected chi connectivity index (χ3v) is 1.67. The molecule has 1 heterocycles. The maximum Gasteiger partial charge on any atom is 0.0841 e. The van der Waals surface area contributed by atoms with Crippen LogP contribution >= 0.6 is 0 Å². The van der Waals surface area contributed by atoms with Crippen molar-refractivity contribution < 1.29 is 4.74 Å². The highest BCUT2D eigenvalue weighted by Crippen LogP contribution is 2.13. The van der Waals surface area contributed by atoms with Crippen molar-refractivity contribution >= 4 is 0 Å². The maximum absolute atomic E-state index is 9.78. The summed E-state index contributed by atoms with van der Waals surface area (Å²) < 4.78 is 5.10. The Hall–Kier alpha value is -0.440. The zero-order valence-electron chi connectivity index (χ0n) is 5.38. The molecule has 0 aromatic heterocycles. The summed E-state index contributed by atoms with van der Waals surface area (Å²) in [6.07, 6.45) is 2.01. The van der Waals surface area contributed by atoms with Crippen LogP contribution < -0.4 is 0 Å². The second kappa shape index (κ2) is 3.56. The second-order valence-electron chi connectivity index (χ2n) is 2.37. The van der Waals surface area contributed by atoms with E-state index in [1.54, 1.807) is 0 Å². The Morgan fingerprint density at radius 1 is 1.44 bits per heavy atom. The Bertz CT molecular complexity index is 89.1. The lowest BCUT2D eigenvalue weighted by Gasteiger charge is -2.18. The van der Waals surface area contributed by atoms with Crippen LogP contribution in [0.15, 0.2) is 5.18 Å². The summed E-state index contributed by atoms with van der Waals surface area (Å²) in [7, 11) is 0. The van der Waals surface area contributed by atoms with Crippen LogP contribution in [0, 0.1) is 10.8 Å². The van der Waals surface area contributed by atoms with Crippen molar-refractivity contribution in [3.8, 4) is 0 Å². The van der Waals surface area contributed by atoms with E-state index in [0.29, 0.717) is 12.5 Å². The summed E-state index contributed by atoms with van der Waals surface area (Å²) in [5.41, 5.74) is 0. The van der Waals surface area contributed by atoms with Crippen LogP contribution in [0.5, 0.6) is 0 Å². The van der Waals surface area contributed by atoms with Gasteiger partial charge in [-0.25, -0.2) is 0 Å². The molecule has 0 atom stereocenters. The van der Waals surface area contributed by atoms with Gasteiger partial charge >= 0.3 is 0 Å². The molecule has 9 heavy (non-hydrogen) atoms. The highest BCUT2D eigenvalue weighted by Gasteiger charge is 2.12. The van der Waals surface area contributed by atoms with E-state index >= 15 is 0 Å². The Morgan fingerprint density at radius 3 is 2.67 bits per heavy atom. The fraction of sp³-hybridized carbons (Fsp3) is 1.00. The van der Waals surface area contributed by atoms with Gasteiger partial charge in [0.25, 0.3) is 0 Å². The predicted molar refractivity (Wildman–Crippen MR) is 34.2 cm³/mol. The van der Waals surface area contributed by atoms with Gasteiger partial charge in [-0.2, -0.15) is 4.91 Å². The normalized spacial score (nSPS) is 21.8. The van der Waals surface area contributed by atoms with Gasteiger partial charge in [-0.3, -0.25) is 0 Å². The first-order valence-electron chi connectivity index (χ1n) is 3.30. The lowest BCUT2D eigenvalue weighted by molar-refractivity contribution is 0.0688. The number of rotatable bonds is 2. The molecular weight excluding hydrogens is 118 g/mol. The van der Waals surface area contributed by atoms with Gasteiger partial charge in [0, 0.05) is 13.2 Å². The van der Waals surface area contributed by atoms with Gasteiger partial charge in [0.1, 0.15) is 0 Å². The Labute approximate surface area is 54.4 Å². The van der Waals surface area contributed by atoms with Gasteiger partial charge in [0.2, 0.25) is 0 Å². The second-order valence-corrected chi connectivity index (χ2v) is 2.37. The van der Waals surface area contributed by atoms with E-state index in [1.165, 1.54) is 0 Å². The van der Waals surface area contributed by atoms with E-state index in [9.17, 15) is 4.91 Å². The molecule has 0 aromatic rings. The Balaban J connectivity index is 2.15. The molecule has 1 aliphatic rings. The first-order valence-corrected chi connectivity index (χ1v) is 3.30. The molecule has 0 spiro atoms. The van der Waals surface area contributed by atoms with Crippen LogP contribution in [0.1, 0.15) is 12.8 Å². The lowest BCUT2D eigenvalue weighted by Crippen LogP contribution is -2.17. The number of hydrogen-bond donors (Lipinski definition) is 0. The highest BCUT2D eigenvalue weighted by molar-refractivity contribution is 4.64. The van der Waals surface area contributed by atoms with Crippen molar-refractivity contribution in [1.29, 1.82) is 0 Å². The molecule has 0 aromatic carbocycles. The zero-order valence-corrected chi connectivity index (χ0v) is 5.38. The van der Waals surface area contributed by atoms with Crippen LogP contribution in [0.2, 0.25) is 0 Å². The fourth-order valence-electron chi connectivity index (χ4n) is 1.03. The van der Waals surface area contributed by atoms with Crippen molar-refractivity contribution in [2.24, 2.45) is 11.1 Å². The number of hydrogen-bond acceptors (Lipinski definition) is 3. The largest absolute Gasteiger partial charge is 0.381 e. The average molecular weight is 129 g/mol. The summed E-state index contributed by atoms with van der Waals surface area (Å²) >= 11 is 0. The van der Waals surface area contributed by atoms with Crippen molar-refractivity contribution in [2.75, 3.05) is 19.8 Å². The molecule has 3 heteroatoms. The minimum atomic E-state index is 0.476. The number of nitroso groups, excluding NO2 is 1. The molecule has 1 saturated heterocycles. The van der Waals surface area contributed by atoms with E-state index in [-0.39, 0.29) is 0 Å². The van der Waals surface area contributed by atoms with Gasteiger partial charge in [-0.1, -0.05) is 5.18 Å². The predicted octanol–water partition coefficient (Wildman–Crippen LogP) is 1.18. The monoisotopic (exact) mass is 129 g/mol. The van der Waals surface area contributed by atoms with Crippen molar-refractivity contribution in [2.45, 2.75) is 12.8 Å². The molecule has 0 aliphatic carbocycles. The van der Waals surface area contributed by atoms with Crippen LogP contribution in [-0.4, -0.2) is 19.8 Å². The molecule has 0 amide bonds. The van der Waals surface area contributed by atoms with Crippen LogP contribution in [0.3, 0.4) is 0 Å². The van der Waals surface area contributed by atoms with Gasteiger partial charge in [0.05, 0.1) is 6.54 Å². The molecule has 0 bridgehead atoms. The SMILES string of the molecule is O=NCC1CCOCC1. The van der Waals surface area contributed by atoms with Crippen LogP contribution in [0.25, 0.3) is 0 Å². The summed E-state index contributed by atoms with van der Waals surface area (Å²) in [6.45, 7) is 2.09. The molecule has 1 rings (SSSR count). The quantitative estimate of drug-likeness (QED) is 0.525. The molecule has 0 unspecified atom stereocenters. The molecule has 3 nitrogen and oxygen atoms in total. The third kappa shape index (κ3) is 2.10. The fourth-order valence-corrected chi connectivity index (χ4v) is 1.03. The maximum atomic E-state index is 9.78. The van der Waals surface area contributed by atoms with Gasteiger partial charge in [0.15, 0.2) is 0 Å². The van der Waals surface area contributed by atoms with Gasteiger partial charge in [-0.15, -0.1) is 0 Å². The molecular formula is C6H11NO2. The summed E-state index contributed by atoms with van der Waals surface area (Å²) in [5.74, 6) is 0.497. The van der Waals surface area contributed by atoms with Crippen molar-refractivity contribution in [1.82, 2.24) is 0 Å². The van der Waals surface area contributed by atoms with E-state index in [0.717, 1.165) is 26.1 Å². The summed E-state index contributed by atoms with van der Waals surface area (Å²) in [4.78, 5) is 9.78. The van der Waals surface area contributed by atoms with Crippen LogP contribution in [0.4, 0.5) is 0 Å². The van der Waals surface area contributed by atoms with Gasteiger partial charge < -0.3 is 4.74 Å². The van der Waals surface area contributed by atoms with Crippen molar-refractivity contribution in [3.63, 3.8) is 0 Å². The van der Waals surface area contributed by atoms with E-state index in [2.05, 4.69) is 5.18 Å². The molecule has 52 valence electrons. The van der Waals surface area contributed by atoms with E-state index in [1.807, 2.05) is 0 Å². The van der Waals surface area contributed by atoms with Crippen LogP contribution in [-0.2, 0) is 4.74 Å². The minimum Gasteiger partial charge on any atom is -0.381 e. The van der Waals surface area contributed by atoms with E-state index in [4.69, 9.17) is 4.74 Å². The molecule has 0 radical (unpaired) electrons.